The highest BCUT2D eigenvalue weighted by Crippen LogP contribution is 2.40. The summed E-state index contributed by atoms with van der Waals surface area (Å²) in [6.45, 7) is 8.60. The Morgan fingerprint density at radius 1 is 1.27 bits per heavy atom. The van der Waals surface area contributed by atoms with Crippen LogP contribution in [0.2, 0.25) is 0 Å². The lowest BCUT2D eigenvalue weighted by Gasteiger charge is -2.30. The Hall–Kier alpha value is -1.41. The van der Waals surface area contributed by atoms with Crippen molar-refractivity contribution in [1.82, 2.24) is 5.32 Å². The van der Waals surface area contributed by atoms with Crippen molar-refractivity contribution < 1.29 is 4.79 Å². The third kappa shape index (κ3) is 3.03. The minimum Gasteiger partial charge on any atom is -0.316 e. The number of allylic oxidation sites excluding steroid dienone is 1. The number of benzene rings is 1. The first-order valence-electron chi connectivity index (χ1n) is 8.44. The lowest BCUT2D eigenvalue weighted by atomic mass is 9.72. The number of hydrogen-bond donors (Lipinski definition) is 1. The van der Waals surface area contributed by atoms with Gasteiger partial charge < -0.3 is 5.32 Å². The fourth-order valence-electron chi connectivity index (χ4n) is 3.65. The van der Waals surface area contributed by atoms with Crippen molar-refractivity contribution in [3.63, 3.8) is 0 Å². The van der Waals surface area contributed by atoms with Gasteiger partial charge in [0.15, 0.2) is 5.78 Å². The third-order valence-electron chi connectivity index (χ3n) is 5.14. The number of hydrogen-bond acceptors (Lipinski definition) is 2. The highest BCUT2D eigenvalue weighted by atomic mass is 16.1. The maximum atomic E-state index is 13.2. The number of Topliss-reactive ketones (excluding diaryl/α,β-unsaturated/α-hetero) is 1. The average molecular weight is 297 g/mol. The van der Waals surface area contributed by atoms with Crippen LogP contribution < -0.4 is 5.32 Å². The molecule has 0 amide bonds. The fraction of sp³-hybridized carbons (Fsp3) is 0.550. The molecule has 2 heteroatoms. The summed E-state index contributed by atoms with van der Waals surface area (Å²) in [4.78, 5) is 13.2. The number of ketones is 1. The monoisotopic (exact) mass is 297 g/mol. The number of carbonyl (C=O) groups excluding carboxylic acids is 1. The van der Waals surface area contributed by atoms with Gasteiger partial charge in [0.05, 0.1) is 0 Å². The van der Waals surface area contributed by atoms with Crippen molar-refractivity contribution >= 4 is 11.9 Å². The van der Waals surface area contributed by atoms with Gasteiger partial charge in [-0.1, -0.05) is 45.0 Å². The second-order valence-electron chi connectivity index (χ2n) is 8.14. The lowest BCUT2D eigenvalue weighted by Crippen LogP contribution is -2.35. The maximum Gasteiger partial charge on any atom is 0.166 e. The van der Waals surface area contributed by atoms with Crippen LogP contribution >= 0.6 is 0 Å². The molecule has 1 aromatic rings. The molecule has 0 radical (unpaired) electrons. The summed E-state index contributed by atoms with van der Waals surface area (Å²) in [5.74, 6) is 0.387. The molecule has 22 heavy (non-hydrogen) atoms. The summed E-state index contributed by atoms with van der Waals surface area (Å²) in [7, 11) is 0. The Morgan fingerprint density at radius 2 is 2.05 bits per heavy atom. The van der Waals surface area contributed by atoms with Gasteiger partial charge in [0.2, 0.25) is 0 Å². The first-order chi connectivity index (χ1) is 10.4. The summed E-state index contributed by atoms with van der Waals surface area (Å²) in [5.41, 5.74) is 3.63. The predicted molar refractivity (Wildman–Crippen MR) is 91.7 cm³/mol. The zero-order valence-corrected chi connectivity index (χ0v) is 14.0. The first-order valence-corrected chi connectivity index (χ1v) is 8.44. The Kier molecular flexibility index (Phi) is 3.98. The summed E-state index contributed by atoms with van der Waals surface area (Å²) in [5, 5.41) is 3.43. The molecule has 1 aliphatic heterocycles. The minimum atomic E-state index is -0.179. The van der Waals surface area contributed by atoms with Crippen molar-refractivity contribution in [2.75, 3.05) is 13.1 Å². The smallest absolute Gasteiger partial charge is 0.166 e. The molecular formula is C20H27NO. The molecule has 3 rings (SSSR count). The van der Waals surface area contributed by atoms with Crippen LogP contribution in [0.25, 0.3) is 6.08 Å². The molecule has 1 N–H and O–H groups in total. The molecule has 0 spiro atoms. The zero-order chi connectivity index (χ0) is 15.8. The number of nitrogens with one attached hydrogen (secondary N) is 1. The Morgan fingerprint density at radius 3 is 2.68 bits per heavy atom. The van der Waals surface area contributed by atoms with Crippen LogP contribution in [0.4, 0.5) is 0 Å². The van der Waals surface area contributed by atoms with Gasteiger partial charge in [-0.3, -0.25) is 4.79 Å². The van der Waals surface area contributed by atoms with Gasteiger partial charge in [-0.05, 0) is 48.4 Å². The van der Waals surface area contributed by atoms with Crippen LogP contribution in [0.5, 0.6) is 0 Å². The van der Waals surface area contributed by atoms with E-state index >= 15 is 0 Å². The largest absolute Gasteiger partial charge is 0.316 e. The molecule has 1 aromatic carbocycles. The van der Waals surface area contributed by atoms with Crippen LogP contribution in [0.3, 0.4) is 0 Å². The molecule has 2 nitrogen and oxygen atoms in total. The van der Waals surface area contributed by atoms with E-state index in [0.717, 1.165) is 44.3 Å². The summed E-state index contributed by atoms with van der Waals surface area (Å²) >= 11 is 0. The van der Waals surface area contributed by atoms with Crippen molar-refractivity contribution in [3.05, 3.63) is 41.0 Å². The molecular weight excluding hydrogens is 270 g/mol. The van der Waals surface area contributed by atoms with E-state index in [2.05, 4.69) is 56.4 Å². The minimum absolute atomic E-state index is 0.179. The maximum absolute atomic E-state index is 13.2. The molecule has 2 aliphatic rings. The topological polar surface area (TPSA) is 29.1 Å². The molecule has 1 heterocycles. The number of carbonyl (C=O) groups is 1. The molecule has 1 saturated heterocycles. The van der Waals surface area contributed by atoms with Gasteiger partial charge >= 0.3 is 0 Å². The van der Waals surface area contributed by atoms with Gasteiger partial charge in [0, 0.05) is 24.0 Å². The summed E-state index contributed by atoms with van der Waals surface area (Å²) < 4.78 is 0. The Bertz CT molecular complexity index is 600. The van der Waals surface area contributed by atoms with Crippen molar-refractivity contribution in [2.45, 2.75) is 46.5 Å². The average Bonchev–Trinajstić information content (AvgIpc) is 3.11. The summed E-state index contributed by atoms with van der Waals surface area (Å²) in [6, 6.07) is 8.37. The van der Waals surface area contributed by atoms with E-state index in [0.29, 0.717) is 5.78 Å². The zero-order valence-electron chi connectivity index (χ0n) is 14.0. The quantitative estimate of drug-likeness (QED) is 0.910. The van der Waals surface area contributed by atoms with Crippen molar-refractivity contribution in [2.24, 2.45) is 10.8 Å². The molecule has 1 fully saturated rings. The highest BCUT2D eigenvalue weighted by molar-refractivity contribution is 6.05. The van der Waals surface area contributed by atoms with E-state index < -0.39 is 0 Å². The van der Waals surface area contributed by atoms with Gasteiger partial charge in [-0.25, -0.2) is 0 Å². The van der Waals surface area contributed by atoms with Crippen LogP contribution in [-0.4, -0.2) is 18.9 Å². The van der Waals surface area contributed by atoms with E-state index in [-0.39, 0.29) is 10.8 Å². The highest BCUT2D eigenvalue weighted by Gasteiger charge is 2.43. The molecule has 0 bridgehead atoms. The number of fused-ring (bicyclic) bond motifs is 1. The molecule has 1 unspecified atom stereocenters. The van der Waals surface area contributed by atoms with Crippen molar-refractivity contribution in [3.8, 4) is 0 Å². The fourth-order valence-corrected chi connectivity index (χ4v) is 3.65. The van der Waals surface area contributed by atoms with Gasteiger partial charge in [-0.2, -0.15) is 0 Å². The van der Waals surface area contributed by atoms with Crippen LogP contribution in [0.1, 0.15) is 51.2 Å². The van der Waals surface area contributed by atoms with Crippen LogP contribution in [0, 0.1) is 10.8 Å². The summed E-state index contributed by atoms with van der Waals surface area (Å²) in [6.07, 6.45) is 6.01. The van der Waals surface area contributed by atoms with Gasteiger partial charge in [0.1, 0.15) is 0 Å². The van der Waals surface area contributed by atoms with Gasteiger partial charge in [-0.15, -0.1) is 0 Å². The van der Waals surface area contributed by atoms with Crippen LogP contribution in [0.15, 0.2) is 29.8 Å². The molecule has 118 valence electrons. The van der Waals surface area contributed by atoms with E-state index in [1.165, 1.54) is 11.1 Å². The lowest BCUT2D eigenvalue weighted by molar-refractivity contribution is -0.124. The second kappa shape index (κ2) is 5.66. The number of rotatable bonds is 4. The van der Waals surface area contributed by atoms with E-state index in [9.17, 15) is 4.79 Å². The SMILES string of the molecule is CC(C)(C)CCC1(C(=O)C2=Cc3ccccc3C2)CCNC1. The Balaban J connectivity index is 1.80. The third-order valence-corrected chi connectivity index (χ3v) is 5.14. The van der Waals surface area contributed by atoms with E-state index in [1.54, 1.807) is 0 Å². The van der Waals surface area contributed by atoms with E-state index in [4.69, 9.17) is 0 Å². The molecule has 1 atom stereocenters. The van der Waals surface area contributed by atoms with E-state index in [1.807, 2.05) is 0 Å². The Labute approximate surface area is 134 Å². The van der Waals surface area contributed by atoms with Crippen molar-refractivity contribution in [1.29, 1.82) is 0 Å². The first kappa shape index (κ1) is 15.5. The normalized spacial score (nSPS) is 24.2. The molecule has 0 aromatic heterocycles. The molecule has 0 saturated carbocycles. The van der Waals surface area contributed by atoms with Crippen LogP contribution in [-0.2, 0) is 11.2 Å². The van der Waals surface area contributed by atoms with Gasteiger partial charge in [0.25, 0.3) is 0 Å². The standard InChI is InChI=1S/C20H27NO/c1-19(2,3)8-9-20(10-11-21-14-20)18(22)17-12-15-6-4-5-7-16(15)13-17/h4-7,12,21H,8-11,13-14H2,1-3H3. The molecule has 1 aliphatic carbocycles. The predicted octanol–water partition coefficient (Wildman–Crippen LogP) is 4.00. The second-order valence-corrected chi connectivity index (χ2v) is 8.14.